The molecule has 1 aromatic carbocycles. The molecule has 0 aliphatic rings. The van der Waals surface area contributed by atoms with Gasteiger partial charge < -0.3 is 14.8 Å². The standard InChI is InChI=1S/C25H29ClN4O4S2/c1-7-9-30-19(12-34-17-10-14(3)22(26)15(4)11-17)28-29-25(30)35-13-20(31)27-23-21(24(32)33-6)18(8-2)16(5)36-23/h7,10-11H,1,8-9,12-13H2,2-6H3,(H,27,31). The Bertz CT molecular complexity index is 1260. The minimum Gasteiger partial charge on any atom is -0.486 e. The van der Waals surface area contributed by atoms with Crippen molar-refractivity contribution < 1.29 is 19.1 Å². The summed E-state index contributed by atoms with van der Waals surface area (Å²) < 4.78 is 12.7. The second-order valence-electron chi connectivity index (χ2n) is 7.98. The first-order valence-electron chi connectivity index (χ1n) is 11.3. The normalized spacial score (nSPS) is 10.8. The van der Waals surface area contributed by atoms with Crippen molar-refractivity contribution in [3.05, 3.63) is 62.8 Å². The average molecular weight is 549 g/mol. The second kappa shape index (κ2) is 12.4. The Morgan fingerprint density at radius 3 is 2.56 bits per heavy atom. The van der Waals surface area contributed by atoms with Crippen LogP contribution < -0.4 is 10.1 Å². The molecule has 1 amide bonds. The van der Waals surface area contributed by atoms with Crippen LogP contribution in [0.2, 0.25) is 5.02 Å². The topological polar surface area (TPSA) is 95.3 Å². The zero-order chi connectivity index (χ0) is 26.4. The highest BCUT2D eigenvalue weighted by Crippen LogP contribution is 2.34. The summed E-state index contributed by atoms with van der Waals surface area (Å²) in [4.78, 5) is 26.0. The number of nitrogens with one attached hydrogen (secondary N) is 1. The van der Waals surface area contributed by atoms with Gasteiger partial charge in [-0.15, -0.1) is 28.1 Å². The van der Waals surface area contributed by atoms with Gasteiger partial charge in [-0.25, -0.2) is 4.79 Å². The number of ether oxygens (including phenoxy) is 2. The Hall–Kier alpha value is -2.82. The number of halogens is 1. The number of anilines is 1. The van der Waals surface area contributed by atoms with E-state index >= 15 is 0 Å². The molecule has 8 nitrogen and oxygen atoms in total. The van der Waals surface area contributed by atoms with Crippen molar-refractivity contribution in [2.24, 2.45) is 0 Å². The smallest absolute Gasteiger partial charge is 0.341 e. The van der Waals surface area contributed by atoms with Gasteiger partial charge in [0, 0.05) is 16.4 Å². The maximum absolute atomic E-state index is 12.7. The van der Waals surface area contributed by atoms with Crippen LogP contribution in [-0.4, -0.2) is 39.5 Å². The fourth-order valence-electron chi connectivity index (χ4n) is 3.69. The lowest BCUT2D eigenvalue weighted by Gasteiger charge is -2.11. The Balaban J connectivity index is 1.69. The van der Waals surface area contributed by atoms with Crippen LogP contribution in [0.5, 0.6) is 5.75 Å². The van der Waals surface area contributed by atoms with Crippen LogP contribution in [0.3, 0.4) is 0 Å². The number of carbonyl (C=O) groups excluding carboxylic acids is 2. The number of hydrogen-bond acceptors (Lipinski definition) is 8. The first-order chi connectivity index (χ1) is 17.2. The van der Waals surface area contributed by atoms with Gasteiger partial charge >= 0.3 is 5.97 Å². The third-order valence-corrected chi connectivity index (χ3v) is 8.05. The molecule has 2 heterocycles. The Labute approximate surface area is 224 Å². The lowest BCUT2D eigenvalue weighted by atomic mass is 10.1. The van der Waals surface area contributed by atoms with E-state index in [9.17, 15) is 9.59 Å². The molecule has 0 saturated heterocycles. The van der Waals surface area contributed by atoms with E-state index in [2.05, 4.69) is 22.1 Å². The molecule has 2 aromatic heterocycles. The number of methoxy groups -OCH3 is 1. The molecule has 0 saturated carbocycles. The number of thiophene rings is 1. The molecular formula is C25H29ClN4O4S2. The molecule has 36 heavy (non-hydrogen) atoms. The van der Waals surface area contributed by atoms with Gasteiger partial charge in [0.25, 0.3) is 0 Å². The summed E-state index contributed by atoms with van der Waals surface area (Å²) >= 11 is 8.86. The molecule has 0 atom stereocenters. The zero-order valence-corrected chi connectivity index (χ0v) is 23.3. The fraction of sp³-hybridized carbons (Fsp3) is 0.360. The van der Waals surface area contributed by atoms with Crippen molar-refractivity contribution in [3.8, 4) is 5.75 Å². The maximum Gasteiger partial charge on any atom is 0.341 e. The van der Waals surface area contributed by atoms with E-state index in [0.29, 0.717) is 40.3 Å². The third-order valence-electron chi connectivity index (χ3n) is 5.42. The van der Waals surface area contributed by atoms with Crippen LogP contribution in [0.15, 0.2) is 29.9 Å². The van der Waals surface area contributed by atoms with Crippen LogP contribution in [0, 0.1) is 20.8 Å². The number of carbonyl (C=O) groups is 2. The van der Waals surface area contributed by atoms with Gasteiger partial charge in [0.2, 0.25) is 5.91 Å². The Morgan fingerprint density at radius 1 is 1.25 bits per heavy atom. The molecule has 0 spiro atoms. The predicted octanol–water partition coefficient (Wildman–Crippen LogP) is 5.76. The van der Waals surface area contributed by atoms with E-state index in [1.807, 2.05) is 44.4 Å². The van der Waals surface area contributed by atoms with Crippen LogP contribution in [0.1, 0.15) is 44.7 Å². The number of aryl methyl sites for hydroxylation is 3. The van der Waals surface area contributed by atoms with Gasteiger partial charge in [0.05, 0.1) is 18.4 Å². The number of thioether (sulfide) groups is 1. The van der Waals surface area contributed by atoms with E-state index in [-0.39, 0.29) is 18.3 Å². The van der Waals surface area contributed by atoms with Crippen molar-refractivity contribution in [1.29, 1.82) is 0 Å². The molecule has 0 aliphatic carbocycles. The van der Waals surface area contributed by atoms with E-state index in [4.69, 9.17) is 21.1 Å². The molecule has 0 radical (unpaired) electrons. The molecular weight excluding hydrogens is 520 g/mol. The lowest BCUT2D eigenvalue weighted by molar-refractivity contribution is -0.113. The zero-order valence-electron chi connectivity index (χ0n) is 20.9. The van der Waals surface area contributed by atoms with Crippen molar-refractivity contribution in [1.82, 2.24) is 14.8 Å². The number of aromatic nitrogens is 3. The Morgan fingerprint density at radius 2 is 1.94 bits per heavy atom. The predicted molar refractivity (Wildman–Crippen MR) is 145 cm³/mol. The van der Waals surface area contributed by atoms with Crippen LogP contribution in [0.4, 0.5) is 5.00 Å². The van der Waals surface area contributed by atoms with Gasteiger partial charge in [0.15, 0.2) is 11.0 Å². The number of esters is 1. The monoisotopic (exact) mass is 548 g/mol. The number of nitrogens with zero attached hydrogens (tertiary/aromatic N) is 3. The first kappa shape index (κ1) is 27.8. The molecule has 0 bridgehead atoms. The fourth-order valence-corrected chi connectivity index (χ4v) is 5.71. The number of benzene rings is 1. The van der Waals surface area contributed by atoms with E-state index in [1.54, 1.807) is 6.08 Å². The van der Waals surface area contributed by atoms with Gasteiger partial charge in [-0.05, 0) is 56.0 Å². The van der Waals surface area contributed by atoms with Gasteiger partial charge in [-0.2, -0.15) is 0 Å². The van der Waals surface area contributed by atoms with Crippen molar-refractivity contribution in [2.45, 2.75) is 52.4 Å². The summed E-state index contributed by atoms with van der Waals surface area (Å²) in [6.45, 7) is 12.2. The number of amides is 1. The number of allylic oxidation sites excluding steroid dienone is 1. The average Bonchev–Trinajstić information content (AvgIpc) is 3.38. The number of hydrogen-bond donors (Lipinski definition) is 1. The van der Waals surface area contributed by atoms with Gasteiger partial charge in [-0.1, -0.05) is 36.4 Å². The first-order valence-corrected chi connectivity index (χ1v) is 13.4. The van der Waals surface area contributed by atoms with Crippen molar-refractivity contribution in [2.75, 3.05) is 18.2 Å². The molecule has 0 unspecified atom stereocenters. The molecule has 3 rings (SSSR count). The minimum atomic E-state index is -0.458. The van der Waals surface area contributed by atoms with Gasteiger partial charge in [0.1, 0.15) is 17.4 Å². The van der Waals surface area contributed by atoms with E-state index in [0.717, 1.165) is 26.6 Å². The summed E-state index contributed by atoms with van der Waals surface area (Å²) in [5.74, 6) is 0.672. The highest BCUT2D eigenvalue weighted by atomic mass is 35.5. The lowest BCUT2D eigenvalue weighted by Crippen LogP contribution is -2.17. The molecule has 1 N–H and O–H groups in total. The molecule has 11 heteroatoms. The summed E-state index contributed by atoms with van der Waals surface area (Å²) in [5.41, 5.74) is 3.17. The summed E-state index contributed by atoms with van der Waals surface area (Å²) in [7, 11) is 1.33. The SMILES string of the molecule is C=CCn1c(COc2cc(C)c(Cl)c(C)c2)nnc1SCC(=O)Nc1sc(C)c(CC)c1C(=O)OC. The second-order valence-corrected chi connectivity index (χ2v) is 10.5. The third kappa shape index (κ3) is 6.29. The van der Waals surface area contributed by atoms with E-state index < -0.39 is 5.97 Å². The number of rotatable bonds is 11. The van der Waals surface area contributed by atoms with Crippen LogP contribution >= 0.6 is 34.7 Å². The summed E-state index contributed by atoms with van der Waals surface area (Å²) in [6, 6.07) is 3.75. The largest absolute Gasteiger partial charge is 0.486 e. The Kier molecular flexibility index (Phi) is 9.58. The van der Waals surface area contributed by atoms with Crippen LogP contribution in [0.25, 0.3) is 0 Å². The van der Waals surface area contributed by atoms with Crippen LogP contribution in [-0.2, 0) is 29.1 Å². The highest BCUT2D eigenvalue weighted by molar-refractivity contribution is 7.99. The van der Waals surface area contributed by atoms with Crippen molar-refractivity contribution in [3.63, 3.8) is 0 Å². The maximum atomic E-state index is 12.7. The quantitative estimate of drug-likeness (QED) is 0.185. The van der Waals surface area contributed by atoms with Crippen molar-refractivity contribution >= 4 is 51.6 Å². The minimum absolute atomic E-state index is 0.0880. The van der Waals surface area contributed by atoms with Gasteiger partial charge in [-0.3, -0.25) is 9.36 Å². The molecule has 192 valence electrons. The summed E-state index contributed by atoms with van der Waals surface area (Å²) in [6.07, 6.45) is 2.40. The highest BCUT2D eigenvalue weighted by Gasteiger charge is 2.23. The molecule has 0 fully saturated rings. The van der Waals surface area contributed by atoms with E-state index in [1.165, 1.54) is 30.2 Å². The summed E-state index contributed by atoms with van der Waals surface area (Å²) in [5, 5.41) is 13.1. The molecule has 3 aromatic rings. The molecule has 0 aliphatic heterocycles.